The highest BCUT2D eigenvalue weighted by atomic mass is 15.3. The number of nitriles is 1. The summed E-state index contributed by atoms with van der Waals surface area (Å²) in [6, 6.07) is 20.9. The molecule has 2 aromatic heterocycles. The van der Waals surface area contributed by atoms with Crippen molar-refractivity contribution in [2.45, 2.75) is 39.9 Å². The van der Waals surface area contributed by atoms with Crippen LogP contribution in [0, 0.1) is 25.2 Å². The van der Waals surface area contributed by atoms with Crippen molar-refractivity contribution >= 4 is 10.9 Å². The van der Waals surface area contributed by atoms with Gasteiger partial charge in [-0.3, -0.25) is 0 Å². The number of rotatable bonds is 7. The molecule has 1 N–H and O–H groups in total. The Morgan fingerprint density at radius 1 is 1.00 bits per heavy atom. The van der Waals surface area contributed by atoms with Gasteiger partial charge in [0.15, 0.2) is 0 Å². The molecule has 0 saturated heterocycles. The first-order valence-corrected chi connectivity index (χ1v) is 9.94. The number of benzene rings is 2. The largest absolute Gasteiger partial charge is 0.346 e. The number of nitrogens with one attached hydrogen (secondary N) is 1. The number of fused-ring (bicyclic) bond motifs is 1. The minimum absolute atomic E-state index is 0.516. The third-order valence-electron chi connectivity index (χ3n) is 5.39. The maximum Gasteiger partial charge on any atom is 0.0648 e. The minimum Gasteiger partial charge on any atom is -0.346 e. The molecule has 0 aliphatic heterocycles. The molecule has 2 heterocycles. The summed E-state index contributed by atoms with van der Waals surface area (Å²) in [5.74, 6) is 0. The predicted molar refractivity (Wildman–Crippen MR) is 116 cm³/mol. The van der Waals surface area contributed by atoms with Crippen LogP contribution in [0.3, 0.4) is 0 Å². The van der Waals surface area contributed by atoms with Crippen molar-refractivity contribution in [2.24, 2.45) is 0 Å². The van der Waals surface area contributed by atoms with Crippen LogP contribution >= 0.6 is 0 Å². The molecule has 5 nitrogen and oxygen atoms in total. The SMILES string of the molecule is Cc1nn(-c2ccccc2)c(C)c1CNCc1cn(CCC#N)c2ccccc12. The Balaban J connectivity index is 1.52. The predicted octanol–water partition coefficient (Wildman–Crippen LogP) is 4.65. The number of hydrogen-bond donors (Lipinski definition) is 1. The van der Waals surface area contributed by atoms with E-state index in [1.165, 1.54) is 22.0 Å². The first-order chi connectivity index (χ1) is 14.2. The second-order valence-electron chi connectivity index (χ2n) is 7.27. The molecule has 0 unspecified atom stereocenters. The van der Waals surface area contributed by atoms with Gasteiger partial charge in [-0.2, -0.15) is 10.4 Å². The molecule has 5 heteroatoms. The lowest BCUT2D eigenvalue weighted by Gasteiger charge is -2.07. The second kappa shape index (κ2) is 8.34. The van der Waals surface area contributed by atoms with E-state index < -0.39 is 0 Å². The maximum absolute atomic E-state index is 8.93. The molecule has 29 heavy (non-hydrogen) atoms. The molecule has 0 bridgehead atoms. The topological polar surface area (TPSA) is 58.6 Å². The lowest BCUT2D eigenvalue weighted by atomic mass is 10.1. The van der Waals surface area contributed by atoms with E-state index in [1.54, 1.807) is 0 Å². The van der Waals surface area contributed by atoms with Crippen molar-refractivity contribution in [1.82, 2.24) is 19.7 Å². The Morgan fingerprint density at radius 2 is 1.76 bits per heavy atom. The number of nitrogens with zero attached hydrogens (tertiary/aromatic N) is 4. The van der Waals surface area contributed by atoms with Crippen molar-refractivity contribution in [3.8, 4) is 11.8 Å². The molecule has 0 aliphatic carbocycles. The first-order valence-electron chi connectivity index (χ1n) is 9.94. The van der Waals surface area contributed by atoms with E-state index >= 15 is 0 Å². The van der Waals surface area contributed by atoms with Crippen LogP contribution in [0.2, 0.25) is 0 Å². The van der Waals surface area contributed by atoms with Crippen LogP contribution in [0.1, 0.15) is 28.9 Å². The Kier molecular flexibility index (Phi) is 5.46. The minimum atomic E-state index is 0.516. The van der Waals surface area contributed by atoms with E-state index in [9.17, 15) is 0 Å². The van der Waals surface area contributed by atoms with Crippen LogP contribution in [-0.4, -0.2) is 14.3 Å². The van der Waals surface area contributed by atoms with Gasteiger partial charge in [-0.15, -0.1) is 0 Å². The molecule has 0 aliphatic rings. The molecule has 2 aromatic carbocycles. The van der Waals surface area contributed by atoms with Crippen molar-refractivity contribution in [3.05, 3.63) is 83.3 Å². The number of para-hydroxylation sites is 2. The summed E-state index contributed by atoms with van der Waals surface area (Å²) in [6.45, 7) is 6.45. The van der Waals surface area contributed by atoms with Gasteiger partial charge >= 0.3 is 0 Å². The summed E-state index contributed by atoms with van der Waals surface area (Å²) >= 11 is 0. The van der Waals surface area contributed by atoms with Gasteiger partial charge in [-0.05, 0) is 37.6 Å². The zero-order valence-corrected chi connectivity index (χ0v) is 16.9. The maximum atomic E-state index is 8.93. The Morgan fingerprint density at radius 3 is 2.55 bits per heavy atom. The number of aryl methyl sites for hydroxylation is 2. The number of hydrogen-bond acceptors (Lipinski definition) is 3. The van der Waals surface area contributed by atoms with Gasteiger partial charge < -0.3 is 9.88 Å². The molecular formula is C24H25N5. The van der Waals surface area contributed by atoms with Crippen LogP contribution in [0.25, 0.3) is 16.6 Å². The van der Waals surface area contributed by atoms with Gasteiger partial charge in [0.25, 0.3) is 0 Å². The van der Waals surface area contributed by atoms with Crippen LogP contribution < -0.4 is 5.32 Å². The van der Waals surface area contributed by atoms with Crippen molar-refractivity contribution in [1.29, 1.82) is 5.26 Å². The summed E-state index contributed by atoms with van der Waals surface area (Å²) in [5.41, 5.74) is 6.98. The molecule has 0 atom stereocenters. The summed E-state index contributed by atoms with van der Waals surface area (Å²) in [7, 11) is 0. The zero-order chi connectivity index (χ0) is 20.2. The molecule has 0 amide bonds. The van der Waals surface area contributed by atoms with Gasteiger partial charge in [-0.1, -0.05) is 36.4 Å². The van der Waals surface area contributed by atoms with Crippen LogP contribution in [0.15, 0.2) is 60.8 Å². The fraction of sp³-hybridized carbons (Fsp3) is 0.250. The normalized spacial score (nSPS) is 11.1. The average Bonchev–Trinajstić information content (AvgIpc) is 3.25. The van der Waals surface area contributed by atoms with E-state index in [0.717, 1.165) is 36.7 Å². The molecule has 0 saturated carbocycles. The zero-order valence-electron chi connectivity index (χ0n) is 16.9. The lowest BCUT2D eigenvalue weighted by Crippen LogP contribution is -2.14. The van der Waals surface area contributed by atoms with Gasteiger partial charge in [0, 0.05) is 48.0 Å². The van der Waals surface area contributed by atoms with E-state index in [4.69, 9.17) is 10.4 Å². The van der Waals surface area contributed by atoms with Crippen molar-refractivity contribution in [2.75, 3.05) is 0 Å². The fourth-order valence-electron chi connectivity index (χ4n) is 3.89. The highest BCUT2D eigenvalue weighted by Crippen LogP contribution is 2.22. The van der Waals surface area contributed by atoms with Crippen LogP contribution in [0.5, 0.6) is 0 Å². The summed E-state index contributed by atoms with van der Waals surface area (Å²) in [6.07, 6.45) is 2.69. The molecule has 4 rings (SSSR count). The molecule has 0 spiro atoms. The molecule has 0 radical (unpaired) electrons. The molecular weight excluding hydrogens is 358 g/mol. The van der Waals surface area contributed by atoms with Gasteiger partial charge in [-0.25, -0.2) is 4.68 Å². The highest BCUT2D eigenvalue weighted by molar-refractivity contribution is 5.83. The van der Waals surface area contributed by atoms with Crippen molar-refractivity contribution in [3.63, 3.8) is 0 Å². The standard InChI is InChI=1S/C24H25N5/c1-18-23(19(2)29(27-18)21-9-4-3-5-10-21)16-26-15-20-17-28(14-8-13-25)24-12-7-6-11-22(20)24/h3-7,9-12,17,26H,8,14-16H2,1-2H3. The van der Waals surface area contributed by atoms with E-state index in [2.05, 4.69) is 66.3 Å². The molecule has 4 aromatic rings. The first kappa shape index (κ1) is 19.0. The monoisotopic (exact) mass is 383 g/mol. The molecule has 0 fully saturated rings. The fourth-order valence-corrected chi connectivity index (χ4v) is 3.89. The Bertz CT molecular complexity index is 1160. The smallest absolute Gasteiger partial charge is 0.0648 e. The average molecular weight is 383 g/mol. The summed E-state index contributed by atoms with van der Waals surface area (Å²) < 4.78 is 4.19. The quantitative estimate of drug-likeness (QED) is 0.505. The third kappa shape index (κ3) is 3.80. The molecule has 146 valence electrons. The van der Waals surface area contributed by atoms with Crippen LogP contribution in [-0.2, 0) is 19.6 Å². The third-order valence-corrected chi connectivity index (χ3v) is 5.39. The van der Waals surface area contributed by atoms with Gasteiger partial charge in [0.2, 0.25) is 0 Å². The summed E-state index contributed by atoms with van der Waals surface area (Å²) in [4.78, 5) is 0. The van der Waals surface area contributed by atoms with Crippen LogP contribution in [0.4, 0.5) is 0 Å². The van der Waals surface area contributed by atoms with Crippen molar-refractivity contribution < 1.29 is 0 Å². The van der Waals surface area contributed by atoms with E-state index in [1.807, 2.05) is 28.9 Å². The van der Waals surface area contributed by atoms with Gasteiger partial charge in [0.1, 0.15) is 0 Å². The lowest BCUT2D eigenvalue weighted by molar-refractivity contribution is 0.682. The Labute approximate surface area is 171 Å². The van der Waals surface area contributed by atoms with E-state index in [-0.39, 0.29) is 0 Å². The number of aromatic nitrogens is 3. The summed E-state index contributed by atoms with van der Waals surface area (Å²) in [5, 5.41) is 18.5. The second-order valence-corrected chi connectivity index (χ2v) is 7.27. The van der Waals surface area contributed by atoms with E-state index in [0.29, 0.717) is 6.42 Å². The van der Waals surface area contributed by atoms with Gasteiger partial charge in [0.05, 0.1) is 23.9 Å². The Hall–Kier alpha value is -3.36. The highest BCUT2D eigenvalue weighted by Gasteiger charge is 2.13.